The van der Waals surface area contributed by atoms with E-state index >= 15 is 0 Å². The number of rotatable bonds is 7. The minimum Gasteiger partial charge on any atom is -0.497 e. The Morgan fingerprint density at radius 1 is 0.900 bits per heavy atom. The van der Waals surface area contributed by atoms with Crippen LogP contribution >= 0.6 is 0 Å². The Kier molecular flexibility index (Phi) is 7.23. The molecule has 1 heterocycles. The van der Waals surface area contributed by atoms with Gasteiger partial charge in [-0.25, -0.2) is 5.01 Å². The van der Waals surface area contributed by atoms with Gasteiger partial charge in [0, 0.05) is 11.3 Å². The van der Waals surface area contributed by atoms with Gasteiger partial charge >= 0.3 is 0 Å². The topological polar surface area (TPSA) is 60.4 Å². The number of benzene rings is 4. The predicted octanol–water partition coefficient (Wildman–Crippen LogP) is 7.06. The van der Waals surface area contributed by atoms with Crippen LogP contribution in [-0.2, 0) is 4.79 Å². The standard InChI is InChI=1S/C34H32N2O4/c1-38-27-17-13-23(14-18-27)21-26-9-5-11-30-33(26)35-36(34(30)25-15-19-28(39-2)20-16-25)32(37)22-40-31-12-6-8-24-7-3-4-10-29(24)31/h3-4,6-8,10,12-21,30,34H,5,9,11,22H2,1-2H3. The second-order valence-corrected chi connectivity index (χ2v) is 10.1. The van der Waals surface area contributed by atoms with E-state index < -0.39 is 0 Å². The number of fused-ring (bicyclic) bond motifs is 2. The summed E-state index contributed by atoms with van der Waals surface area (Å²) in [5.41, 5.74) is 4.28. The molecule has 1 aliphatic heterocycles. The molecule has 202 valence electrons. The predicted molar refractivity (Wildman–Crippen MR) is 158 cm³/mol. The van der Waals surface area contributed by atoms with Crippen LogP contribution in [0.5, 0.6) is 17.2 Å². The fraction of sp³-hybridized carbons (Fsp3) is 0.235. The van der Waals surface area contributed by atoms with E-state index in [4.69, 9.17) is 19.3 Å². The highest BCUT2D eigenvalue weighted by atomic mass is 16.5. The fourth-order valence-corrected chi connectivity index (χ4v) is 5.77. The Morgan fingerprint density at radius 2 is 1.60 bits per heavy atom. The summed E-state index contributed by atoms with van der Waals surface area (Å²) >= 11 is 0. The molecule has 6 nitrogen and oxygen atoms in total. The average molecular weight is 533 g/mol. The first-order chi connectivity index (χ1) is 19.6. The van der Waals surface area contributed by atoms with Crippen molar-refractivity contribution < 1.29 is 19.0 Å². The molecule has 40 heavy (non-hydrogen) atoms. The van der Waals surface area contributed by atoms with E-state index in [0.29, 0.717) is 5.75 Å². The molecule has 0 spiro atoms. The van der Waals surface area contributed by atoms with Gasteiger partial charge in [-0.05, 0) is 77.8 Å². The van der Waals surface area contributed by atoms with Crippen LogP contribution in [0, 0.1) is 5.92 Å². The fourth-order valence-electron chi connectivity index (χ4n) is 5.77. The summed E-state index contributed by atoms with van der Waals surface area (Å²) < 4.78 is 16.8. The number of ether oxygens (including phenoxy) is 3. The zero-order valence-electron chi connectivity index (χ0n) is 22.7. The second-order valence-electron chi connectivity index (χ2n) is 10.1. The Hall–Kier alpha value is -4.58. The lowest BCUT2D eigenvalue weighted by molar-refractivity contribution is -0.135. The summed E-state index contributed by atoms with van der Waals surface area (Å²) in [6.07, 6.45) is 5.11. The molecule has 2 aliphatic rings. The summed E-state index contributed by atoms with van der Waals surface area (Å²) in [5, 5.41) is 8.70. The molecule has 0 saturated heterocycles. The third kappa shape index (κ3) is 5.05. The maximum absolute atomic E-state index is 13.8. The molecule has 1 amide bonds. The van der Waals surface area contributed by atoms with Crippen molar-refractivity contribution in [2.75, 3.05) is 20.8 Å². The van der Waals surface area contributed by atoms with Crippen molar-refractivity contribution in [1.82, 2.24) is 5.01 Å². The van der Waals surface area contributed by atoms with Crippen LogP contribution in [0.4, 0.5) is 0 Å². The minimum absolute atomic E-state index is 0.0955. The average Bonchev–Trinajstić information content (AvgIpc) is 3.41. The van der Waals surface area contributed by atoms with Gasteiger partial charge in [-0.15, -0.1) is 0 Å². The second kappa shape index (κ2) is 11.3. The molecule has 0 bridgehead atoms. The molecule has 6 heteroatoms. The summed E-state index contributed by atoms with van der Waals surface area (Å²) in [4.78, 5) is 13.8. The van der Waals surface area contributed by atoms with E-state index in [1.807, 2.05) is 91.0 Å². The van der Waals surface area contributed by atoms with Crippen molar-refractivity contribution in [1.29, 1.82) is 0 Å². The Morgan fingerprint density at radius 3 is 2.35 bits per heavy atom. The highest BCUT2D eigenvalue weighted by Crippen LogP contribution is 2.44. The Bertz CT molecular complexity index is 1570. The molecule has 1 aliphatic carbocycles. The van der Waals surface area contributed by atoms with Gasteiger partial charge in [0.1, 0.15) is 17.2 Å². The van der Waals surface area contributed by atoms with Crippen molar-refractivity contribution >= 4 is 28.5 Å². The van der Waals surface area contributed by atoms with E-state index in [9.17, 15) is 4.79 Å². The lowest BCUT2D eigenvalue weighted by Crippen LogP contribution is -2.34. The molecule has 2 atom stereocenters. The summed E-state index contributed by atoms with van der Waals surface area (Å²) in [6, 6.07) is 29.7. The number of hydrazone groups is 1. The number of hydrogen-bond acceptors (Lipinski definition) is 5. The summed E-state index contributed by atoms with van der Waals surface area (Å²) in [5.74, 6) is 2.23. The normalized spacial score (nSPS) is 19.3. The summed E-state index contributed by atoms with van der Waals surface area (Å²) in [7, 11) is 3.32. The van der Waals surface area contributed by atoms with Gasteiger partial charge in [0.2, 0.25) is 0 Å². The molecule has 0 N–H and O–H groups in total. The SMILES string of the molecule is COc1ccc(C=C2CCCC3C2=NN(C(=O)COc2cccc4ccccc24)C3c2ccc(OC)cc2)cc1. The van der Waals surface area contributed by atoms with E-state index in [1.54, 1.807) is 19.2 Å². The van der Waals surface area contributed by atoms with Crippen molar-refractivity contribution in [3.05, 3.63) is 108 Å². The van der Waals surface area contributed by atoms with E-state index in [1.165, 1.54) is 5.57 Å². The largest absolute Gasteiger partial charge is 0.497 e. The van der Waals surface area contributed by atoms with Gasteiger partial charge in [0.15, 0.2) is 6.61 Å². The van der Waals surface area contributed by atoms with Crippen molar-refractivity contribution in [3.63, 3.8) is 0 Å². The van der Waals surface area contributed by atoms with Crippen molar-refractivity contribution in [2.45, 2.75) is 25.3 Å². The lowest BCUT2D eigenvalue weighted by Gasteiger charge is -2.29. The van der Waals surface area contributed by atoms with E-state index in [2.05, 4.69) is 6.08 Å². The number of nitrogens with zero attached hydrogens (tertiary/aromatic N) is 2. The monoisotopic (exact) mass is 532 g/mol. The summed E-state index contributed by atoms with van der Waals surface area (Å²) in [6.45, 7) is -0.0955. The van der Waals surface area contributed by atoms with Crippen molar-refractivity contribution in [2.24, 2.45) is 11.0 Å². The molecule has 6 rings (SSSR count). The van der Waals surface area contributed by atoms with Crippen LogP contribution in [0.3, 0.4) is 0 Å². The maximum atomic E-state index is 13.8. The zero-order valence-corrected chi connectivity index (χ0v) is 22.7. The van der Waals surface area contributed by atoms with Gasteiger partial charge in [-0.2, -0.15) is 5.10 Å². The van der Waals surface area contributed by atoms with Gasteiger partial charge in [0.05, 0.1) is 26.0 Å². The number of carbonyl (C=O) groups is 1. The van der Waals surface area contributed by atoms with Crippen LogP contribution in [0.1, 0.15) is 36.4 Å². The third-order valence-corrected chi connectivity index (χ3v) is 7.77. The number of carbonyl (C=O) groups excluding carboxylic acids is 1. The van der Waals surface area contributed by atoms with Crippen LogP contribution in [0.15, 0.2) is 102 Å². The van der Waals surface area contributed by atoms with Crippen molar-refractivity contribution in [3.8, 4) is 17.2 Å². The molecule has 0 radical (unpaired) electrons. The highest BCUT2D eigenvalue weighted by Gasteiger charge is 2.43. The number of hydrogen-bond donors (Lipinski definition) is 0. The van der Waals surface area contributed by atoms with Gasteiger partial charge < -0.3 is 14.2 Å². The molecule has 4 aromatic rings. The molecule has 4 aromatic carbocycles. The minimum atomic E-state index is -0.205. The lowest BCUT2D eigenvalue weighted by atomic mass is 9.77. The van der Waals surface area contributed by atoms with Crippen LogP contribution in [0.2, 0.25) is 0 Å². The maximum Gasteiger partial charge on any atom is 0.281 e. The zero-order chi connectivity index (χ0) is 27.5. The van der Waals surface area contributed by atoms with Crippen LogP contribution in [-0.4, -0.2) is 37.5 Å². The van der Waals surface area contributed by atoms with Gasteiger partial charge in [0.25, 0.3) is 5.91 Å². The first-order valence-corrected chi connectivity index (χ1v) is 13.6. The quantitative estimate of drug-likeness (QED) is 0.256. The Labute approximate surface area is 234 Å². The third-order valence-electron chi connectivity index (χ3n) is 7.77. The van der Waals surface area contributed by atoms with Crippen LogP contribution in [0.25, 0.3) is 16.8 Å². The van der Waals surface area contributed by atoms with Gasteiger partial charge in [-0.1, -0.05) is 60.7 Å². The molecular formula is C34H32N2O4. The van der Waals surface area contributed by atoms with E-state index in [-0.39, 0.29) is 24.5 Å². The molecule has 1 fully saturated rings. The molecule has 2 unspecified atom stereocenters. The number of methoxy groups -OCH3 is 2. The first-order valence-electron chi connectivity index (χ1n) is 13.6. The molecule has 0 aromatic heterocycles. The highest BCUT2D eigenvalue weighted by molar-refractivity contribution is 6.08. The van der Waals surface area contributed by atoms with Gasteiger partial charge in [-0.3, -0.25) is 4.79 Å². The smallest absolute Gasteiger partial charge is 0.281 e. The molecular weight excluding hydrogens is 500 g/mol. The number of allylic oxidation sites excluding steroid dienone is 1. The van der Waals surface area contributed by atoms with Crippen LogP contribution < -0.4 is 14.2 Å². The molecule has 1 saturated carbocycles. The number of amides is 1. The first kappa shape index (κ1) is 25.7. The Balaban J connectivity index is 1.32. The van der Waals surface area contributed by atoms with E-state index in [0.717, 1.165) is 58.4 Å².